The van der Waals surface area contributed by atoms with Gasteiger partial charge < -0.3 is 13.7 Å². The summed E-state index contributed by atoms with van der Waals surface area (Å²) in [6.45, 7) is 0. The summed E-state index contributed by atoms with van der Waals surface area (Å²) in [7, 11) is 0. The van der Waals surface area contributed by atoms with E-state index in [1.165, 1.54) is 265 Å². The first-order valence-electron chi connectivity index (χ1n) is 45.5. The summed E-state index contributed by atoms with van der Waals surface area (Å²) >= 11 is 0. The van der Waals surface area contributed by atoms with Gasteiger partial charge in [-0.2, -0.15) is 102 Å². The van der Waals surface area contributed by atoms with E-state index in [9.17, 15) is 0 Å². The number of nitrogens with zero attached hydrogens (tertiary/aromatic N) is 8. The second-order valence-corrected chi connectivity index (χ2v) is 37.5. The van der Waals surface area contributed by atoms with E-state index in [0.29, 0.717) is 23.8 Å². The van der Waals surface area contributed by atoms with Crippen LogP contribution in [0.1, 0.15) is 136 Å². The van der Waals surface area contributed by atoms with Gasteiger partial charge in [0.2, 0.25) is 11.3 Å². The first-order valence-corrected chi connectivity index (χ1v) is 45.5. The molecule has 6 saturated carbocycles. The van der Waals surface area contributed by atoms with E-state index < -0.39 is 0 Å². The van der Waals surface area contributed by atoms with Gasteiger partial charge in [-0.1, -0.05) is 216 Å². The Kier molecular flexibility index (Phi) is 24.9. The topological polar surface area (TPSA) is 35.2 Å². The van der Waals surface area contributed by atoms with Crippen molar-refractivity contribution in [3.05, 3.63) is 355 Å². The maximum Gasteiger partial charge on any atom is 2.00 e. The maximum absolute atomic E-state index is 3.86. The molecule has 606 valence electrons. The molecule has 0 spiro atoms. The van der Waals surface area contributed by atoms with Gasteiger partial charge in [-0.3, -0.25) is 22.8 Å². The van der Waals surface area contributed by atoms with Crippen LogP contribution in [0.3, 0.4) is 0 Å². The molecular weight excluding hydrogens is 2540 g/mol. The summed E-state index contributed by atoms with van der Waals surface area (Å²) < 4.78 is 20.5. The minimum atomic E-state index is 0. The van der Waals surface area contributed by atoms with Crippen molar-refractivity contribution >= 4 is 87.6 Å². The Bertz CT molecular complexity index is 7430. The summed E-state index contributed by atoms with van der Waals surface area (Å²) in [4.78, 5) is 0. The average molecular weight is 2630 g/mol. The summed E-state index contributed by atoms with van der Waals surface area (Å²) in [5.41, 5.74) is 29.1. The monoisotopic (exact) mass is 2630 g/mol. The van der Waals surface area contributed by atoms with Crippen LogP contribution in [0.2, 0.25) is 0 Å². The van der Waals surface area contributed by atoms with E-state index >= 15 is 0 Å². The van der Waals surface area contributed by atoms with Crippen molar-refractivity contribution in [1.82, 2.24) is 18.3 Å². The third-order valence-corrected chi connectivity index (χ3v) is 32.0. The fourth-order valence-corrected chi connectivity index (χ4v) is 27.6. The molecule has 0 amide bonds. The molecule has 11 atom stereocenters. The average Bonchev–Trinajstić information content (AvgIpc) is 1.53. The zero-order valence-electron chi connectivity index (χ0n) is 71.8. The van der Waals surface area contributed by atoms with Crippen molar-refractivity contribution < 1.29 is 242 Å². The summed E-state index contributed by atoms with van der Waals surface area (Å²) in [6.07, 6.45) is 31.0. The van der Waals surface area contributed by atoms with Crippen LogP contribution in [0, 0.1) is 213 Å². The number of hydrogen-bond acceptors (Lipinski definition) is 0. The molecule has 18 aromatic rings. The number of para-hydroxylation sites is 4. The number of benzene rings is 10. The van der Waals surface area contributed by atoms with Gasteiger partial charge in [0, 0.05) is 205 Å². The Morgan fingerprint density at radius 2 is 0.867 bits per heavy atom. The van der Waals surface area contributed by atoms with Crippen LogP contribution >= 0.6 is 0 Å². The van der Waals surface area contributed by atoms with Crippen molar-refractivity contribution in [3.63, 3.8) is 0 Å². The van der Waals surface area contributed by atoms with Crippen LogP contribution in [0.15, 0.2) is 261 Å². The normalized spacial score (nSPS) is 22.3. The Labute approximate surface area is 921 Å². The van der Waals surface area contributed by atoms with E-state index in [4.69, 9.17) is 0 Å². The second-order valence-electron chi connectivity index (χ2n) is 37.5. The molecular formula is C113H90N8U3Y4. The molecule has 6 fully saturated rings. The van der Waals surface area contributed by atoms with Crippen molar-refractivity contribution in [3.8, 4) is 50.7 Å². The van der Waals surface area contributed by atoms with Crippen LogP contribution in [0.4, 0.5) is 0 Å². The maximum atomic E-state index is 3.86. The Morgan fingerprint density at radius 1 is 0.352 bits per heavy atom. The van der Waals surface area contributed by atoms with Gasteiger partial charge >= 0.3 is 93.3 Å². The van der Waals surface area contributed by atoms with Gasteiger partial charge in [0.1, 0.15) is 22.1 Å². The van der Waals surface area contributed by atoms with Gasteiger partial charge in [0.25, 0.3) is 0 Å². The standard InChI is InChI=1S/3C30H22N2.C23H24N2.3U.4Y/c1-2-8-19(9-3-1)21-15-16-27-28-25(21)18-20-10-6-12-22(20)29(28)31-17-7-13-24-23-11-4-5-14-26(23)32(27)30(24)31;1-2-8-19(9-3-1)21-17-22-16-20-10-6-12-23(20)29-28(22)27(18-21)32-26-14-5-4-11-24(26)25-13-7-15-31(29)30(25)32;1-2-8-19(9-3-1)25-14-7-15-27-31(25)29-22-12-6-10-20(22)18-21-16-17-24-23-11-4-5-13-26(23)32(27)30(24)28(21)29;1-2-9-19-17(6-1)18-8-4-12-24-22-16-7-3-5-14(16)13-15-10-11-20(21(15)22)25(19)23(18)24;;;;;;;/h1-5,7-8,11,13-14,16-17,20,22H,6,10,12,18H2;1-5,7-8,11,13-15,18,20,23H,6,10,12,16H2;1-5,7-8,11,13,15-17,20,22H,6,10,12,18H2;1-2,4,6,8-9,12,14-16,20-21H,3,5,7,10-11,13H2;;;;;;;/q3*-2;;3*+2;;;;. The smallest absolute Gasteiger partial charge is 0.364 e. The minimum Gasteiger partial charge on any atom is -0.364 e. The van der Waals surface area contributed by atoms with Crippen LogP contribution in [-0.4, -0.2) is 18.3 Å². The van der Waals surface area contributed by atoms with Crippen molar-refractivity contribution in [1.29, 1.82) is 0 Å². The first kappa shape index (κ1) is 89.6. The van der Waals surface area contributed by atoms with E-state index in [1.807, 2.05) is 42.4 Å². The molecule has 4 aliphatic heterocycles. The summed E-state index contributed by atoms with van der Waals surface area (Å²) in [5, 5.41) is 10.9. The molecule has 13 aliphatic rings. The van der Waals surface area contributed by atoms with Gasteiger partial charge in [0.05, 0.1) is 17.2 Å². The summed E-state index contributed by atoms with van der Waals surface area (Å²) in [5.74, 6) is 8.87. The fraction of sp³-hybridized carbons (Fsp3) is 0.257. The van der Waals surface area contributed by atoms with Crippen molar-refractivity contribution in [2.75, 3.05) is 0 Å². The molecule has 12 heterocycles. The van der Waals surface area contributed by atoms with Crippen LogP contribution < -0.4 is 18.3 Å². The predicted octanol–water partition coefficient (Wildman–Crippen LogP) is 23.0. The molecule has 128 heavy (non-hydrogen) atoms. The quantitative estimate of drug-likeness (QED) is 0.125. The molecule has 31 rings (SSSR count). The van der Waals surface area contributed by atoms with Crippen molar-refractivity contribution in [2.24, 2.45) is 59.2 Å². The zero-order chi connectivity index (χ0) is 78.6. The molecule has 9 aliphatic carbocycles. The number of fused-ring (bicyclic) bond motifs is 29. The third-order valence-electron chi connectivity index (χ3n) is 32.0. The van der Waals surface area contributed by atoms with E-state index in [0.717, 1.165) is 82.2 Å². The Balaban J connectivity index is 0.000000102. The van der Waals surface area contributed by atoms with E-state index in [1.54, 1.807) is 0 Å². The molecule has 15 heteroatoms. The van der Waals surface area contributed by atoms with Gasteiger partial charge in [-0.25, -0.2) is 34.4 Å². The molecule has 4 radical (unpaired) electrons. The van der Waals surface area contributed by atoms with Gasteiger partial charge in [-0.05, 0) is 144 Å². The minimum absolute atomic E-state index is 0. The van der Waals surface area contributed by atoms with Crippen molar-refractivity contribution in [2.45, 2.75) is 122 Å². The van der Waals surface area contributed by atoms with Crippen LogP contribution in [-0.2, 0) is 150 Å². The predicted molar refractivity (Wildman–Crippen MR) is 478 cm³/mol. The van der Waals surface area contributed by atoms with Gasteiger partial charge in [0.15, 0.2) is 11.5 Å². The Morgan fingerprint density at radius 3 is 1.51 bits per heavy atom. The first-order chi connectivity index (χ1) is 60.1. The second kappa shape index (κ2) is 35.6. The summed E-state index contributed by atoms with van der Waals surface area (Å²) in [6, 6.07) is 117. The molecule has 0 bridgehead atoms. The number of hydrogen-bond donors (Lipinski definition) is 0. The Hall–Kier alpha value is -4.95. The van der Waals surface area contributed by atoms with E-state index in [2.05, 4.69) is 298 Å². The molecule has 8 nitrogen and oxygen atoms in total. The number of rotatable bonds is 3. The van der Waals surface area contributed by atoms with Crippen LogP contribution in [0.5, 0.6) is 0 Å². The molecule has 0 saturated heterocycles. The molecule has 8 aromatic heterocycles. The number of aromatic nitrogens is 8. The van der Waals surface area contributed by atoms with Crippen LogP contribution in [0.25, 0.3) is 138 Å². The van der Waals surface area contributed by atoms with E-state index in [-0.39, 0.29) is 224 Å². The van der Waals surface area contributed by atoms with Gasteiger partial charge in [-0.15, -0.1) is 41.5 Å². The zero-order valence-corrected chi connectivity index (χ0v) is 95.6. The fourth-order valence-electron chi connectivity index (χ4n) is 27.6. The third kappa shape index (κ3) is 13.3. The SMILES string of the molecule is [U+2].[U+2].[U+2].[Y].[Y].[Y].[Y].[c-]1ccccc1-c1[c-]c2c3c(c1)-n1c4ccccc4c4ccc[n+](c41)[C-]3C1CCCC1C2.[c-]1ccccc1-c1[c-]cc2c3c1CC1CCCC1[C-]3[n+]1cccc3c4ccccc4n-2c31.[c-]1ccccc1-c1[c-]ccc2[n+]1[C-]1c3c(ccc4c5ccccc5n-2c34)CC2CCCC12.c1ccc2c(c1)c1ccc[n+]3c1n2C1CCC2CC4CCCC4[C-]3C21. The number of pyridine rings is 4. The largest absolute Gasteiger partial charge is 2.00 e. The molecule has 10 aromatic carbocycles. The molecule has 11 unspecified atom stereocenters. The molecule has 0 N–H and O–H groups in total.